The van der Waals surface area contributed by atoms with Crippen LogP contribution in [0.15, 0.2) is 71.4 Å². The summed E-state index contributed by atoms with van der Waals surface area (Å²) >= 11 is 0. The maximum atomic E-state index is 12.0. The van der Waals surface area contributed by atoms with Gasteiger partial charge in [0.1, 0.15) is 23.0 Å². The molecule has 0 unspecified atom stereocenters. The molecule has 0 aliphatic heterocycles. The highest BCUT2D eigenvalue weighted by molar-refractivity contribution is 6.01. The standard InChI is InChI=1S/C22H19NO5/c1-15(24)20-11-9-19(26-2)14-21(20)28-18-7-5-16(6-8-18)23-22(25)12-10-17-4-3-13-27-17/h3-14H,1-2H3,(H,23,25)/b12-10+. The van der Waals surface area contributed by atoms with Gasteiger partial charge in [-0.3, -0.25) is 9.59 Å². The Hall–Kier alpha value is -3.80. The fourth-order valence-corrected chi connectivity index (χ4v) is 2.47. The number of ketones is 1. The number of anilines is 1. The number of methoxy groups -OCH3 is 1. The van der Waals surface area contributed by atoms with Crippen molar-refractivity contribution in [1.82, 2.24) is 0 Å². The van der Waals surface area contributed by atoms with E-state index >= 15 is 0 Å². The zero-order valence-electron chi connectivity index (χ0n) is 15.5. The number of ether oxygens (including phenoxy) is 2. The first-order valence-electron chi connectivity index (χ1n) is 8.54. The second-order valence-corrected chi connectivity index (χ2v) is 5.88. The number of hydrogen-bond acceptors (Lipinski definition) is 5. The molecule has 0 atom stereocenters. The Morgan fingerprint density at radius 1 is 1.04 bits per heavy atom. The van der Waals surface area contributed by atoms with E-state index in [0.717, 1.165) is 0 Å². The second kappa shape index (κ2) is 8.73. The summed E-state index contributed by atoms with van der Waals surface area (Å²) in [5, 5.41) is 2.75. The average Bonchev–Trinajstić information content (AvgIpc) is 3.21. The van der Waals surface area contributed by atoms with Crippen molar-refractivity contribution in [2.24, 2.45) is 0 Å². The molecule has 3 rings (SSSR count). The third-order valence-electron chi connectivity index (χ3n) is 3.86. The van der Waals surface area contributed by atoms with Crippen LogP contribution in [0.25, 0.3) is 6.08 Å². The minimum absolute atomic E-state index is 0.107. The van der Waals surface area contributed by atoms with Gasteiger partial charge >= 0.3 is 0 Å². The number of hydrogen-bond donors (Lipinski definition) is 1. The van der Waals surface area contributed by atoms with E-state index in [2.05, 4.69) is 5.32 Å². The summed E-state index contributed by atoms with van der Waals surface area (Å²) in [6, 6.07) is 15.4. The smallest absolute Gasteiger partial charge is 0.248 e. The van der Waals surface area contributed by atoms with E-state index in [1.807, 2.05) is 0 Å². The lowest BCUT2D eigenvalue weighted by atomic mass is 10.1. The van der Waals surface area contributed by atoms with Gasteiger partial charge in [-0.2, -0.15) is 0 Å². The molecule has 1 heterocycles. The van der Waals surface area contributed by atoms with Crippen LogP contribution < -0.4 is 14.8 Å². The third kappa shape index (κ3) is 4.88. The predicted molar refractivity (Wildman–Crippen MR) is 106 cm³/mol. The quantitative estimate of drug-likeness (QED) is 0.466. The molecule has 0 spiro atoms. The van der Waals surface area contributed by atoms with Crippen molar-refractivity contribution in [2.75, 3.05) is 12.4 Å². The highest BCUT2D eigenvalue weighted by Crippen LogP contribution is 2.30. The first kappa shape index (κ1) is 19.0. The molecule has 1 N–H and O–H groups in total. The lowest BCUT2D eigenvalue weighted by Crippen LogP contribution is -2.07. The molecule has 0 aliphatic carbocycles. The van der Waals surface area contributed by atoms with Crippen molar-refractivity contribution in [3.8, 4) is 17.2 Å². The van der Waals surface area contributed by atoms with Gasteiger partial charge < -0.3 is 19.2 Å². The SMILES string of the molecule is COc1ccc(C(C)=O)c(Oc2ccc(NC(=O)/C=C/c3ccco3)cc2)c1. The summed E-state index contributed by atoms with van der Waals surface area (Å²) in [7, 11) is 1.55. The number of rotatable bonds is 7. The van der Waals surface area contributed by atoms with Crippen molar-refractivity contribution < 1.29 is 23.5 Å². The maximum absolute atomic E-state index is 12.0. The zero-order valence-corrected chi connectivity index (χ0v) is 15.5. The number of carbonyl (C=O) groups is 2. The third-order valence-corrected chi connectivity index (χ3v) is 3.86. The molecule has 0 saturated heterocycles. The molecule has 0 radical (unpaired) electrons. The van der Waals surface area contributed by atoms with Crippen LogP contribution in [0.2, 0.25) is 0 Å². The number of carbonyl (C=O) groups excluding carboxylic acids is 2. The van der Waals surface area contributed by atoms with Crippen molar-refractivity contribution in [3.63, 3.8) is 0 Å². The molecule has 142 valence electrons. The summed E-state index contributed by atoms with van der Waals surface area (Å²) in [5.74, 6) is 1.73. The molecular weight excluding hydrogens is 358 g/mol. The van der Waals surface area contributed by atoms with Gasteiger partial charge in [-0.1, -0.05) is 0 Å². The Labute approximate surface area is 162 Å². The molecule has 1 amide bonds. The Morgan fingerprint density at radius 3 is 2.43 bits per heavy atom. The Morgan fingerprint density at radius 2 is 1.79 bits per heavy atom. The molecule has 28 heavy (non-hydrogen) atoms. The van der Waals surface area contributed by atoms with E-state index in [0.29, 0.717) is 34.3 Å². The lowest BCUT2D eigenvalue weighted by molar-refractivity contribution is -0.111. The molecule has 0 bridgehead atoms. The van der Waals surface area contributed by atoms with Crippen LogP contribution in [0.3, 0.4) is 0 Å². The molecule has 6 nitrogen and oxygen atoms in total. The van der Waals surface area contributed by atoms with Gasteiger partial charge in [0.15, 0.2) is 5.78 Å². The summed E-state index contributed by atoms with van der Waals surface area (Å²) in [6.45, 7) is 1.48. The summed E-state index contributed by atoms with van der Waals surface area (Å²) in [5.41, 5.74) is 1.07. The van der Waals surface area contributed by atoms with Gasteiger partial charge in [-0.15, -0.1) is 0 Å². The average molecular weight is 377 g/mol. The van der Waals surface area contributed by atoms with Crippen LogP contribution in [0.1, 0.15) is 23.0 Å². The monoisotopic (exact) mass is 377 g/mol. The molecule has 2 aromatic carbocycles. The van der Waals surface area contributed by atoms with E-state index in [1.165, 1.54) is 19.3 Å². The van der Waals surface area contributed by atoms with E-state index < -0.39 is 0 Å². The van der Waals surface area contributed by atoms with E-state index in [9.17, 15) is 9.59 Å². The number of amides is 1. The van der Waals surface area contributed by atoms with Gasteiger partial charge in [0.25, 0.3) is 0 Å². The number of furan rings is 1. The van der Waals surface area contributed by atoms with Crippen molar-refractivity contribution in [1.29, 1.82) is 0 Å². The maximum Gasteiger partial charge on any atom is 0.248 e. The molecule has 3 aromatic rings. The second-order valence-electron chi connectivity index (χ2n) is 5.88. The highest BCUT2D eigenvalue weighted by atomic mass is 16.5. The van der Waals surface area contributed by atoms with Crippen LogP contribution in [-0.4, -0.2) is 18.8 Å². The van der Waals surface area contributed by atoms with Crippen LogP contribution in [-0.2, 0) is 4.79 Å². The molecule has 1 aromatic heterocycles. The topological polar surface area (TPSA) is 77.8 Å². The van der Waals surface area contributed by atoms with Gasteiger partial charge in [0.05, 0.1) is 18.9 Å². The van der Waals surface area contributed by atoms with Crippen molar-refractivity contribution in [2.45, 2.75) is 6.92 Å². The van der Waals surface area contributed by atoms with Gasteiger partial charge in [0.2, 0.25) is 5.91 Å². The van der Waals surface area contributed by atoms with Gasteiger partial charge in [0, 0.05) is 17.8 Å². The first-order chi connectivity index (χ1) is 13.5. The van der Waals surface area contributed by atoms with Crippen molar-refractivity contribution in [3.05, 3.63) is 78.3 Å². The van der Waals surface area contributed by atoms with E-state index in [-0.39, 0.29) is 11.7 Å². The highest BCUT2D eigenvalue weighted by Gasteiger charge is 2.11. The van der Waals surface area contributed by atoms with Crippen LogP contribution in [0, 0.1) is 0 Å². The Bertz CT molecular complexity index is 988. The predicted octanol–water partition coefficient (Wildman–Crippen LogP) is 4.94. The minimum atomic E-state index is -0.281. The Balaban J connectivity index is 1.68. The molecule has 6 heteroatoms. The molecule has 0 saturated carbocycles. The van der Waals surface area contributed by atoms with Crippen LogP contribution >= 0.6 is 0 Å². The van der Waals surface area contributed by atoms with Crippen LogP contribution in [0.4, 0.5) is 5.69 Å². The summed E-state index contributed by atoms with van der Waals surface area (Å²) in [6.07, 6.45) is 4.51. The minimum Gasteiger partial charge on any atom is -0.497 e. The fraction of sp³-hybridized carbons (Fsp3) is 0.0909. The molecule has 0 aliphatic rings. The summed E-state index contributed by atoms with van der Waals surface area (Å²) < 4.78 is 16.2. The fourth-order valence-electron chi connectivity index (χ4n) is 2.47. The van der Waals surface area contributed by atoms with E-state index in [1.54, 1.807) is 67.8 Å². The lowest BCUT2D eigenvalue weighted by Gasteiger charge is -2.11. The van der Waals surface area contributed by atoms with Gasteiger partial charge in [-0.05, 0) is 61.5 Å². The normalized spacial score (nSPS) is 10.6. The zero-order chi connectivity index (χ0) is 19.9. The number of Topliss-reactive ketones (excluding diaryl/α,β-unsaturated/α-hetero) is 1. The number of benzene rings is 2. The van der Waals surface area contributed by atoms with Crippen LogP contribution in [0.5, 0.6) is 17.2 Å². The number of nitrogens with one attached hydrogen (secondary N) is 1. The summed E-state index contributed by atoms with van der Waals surface area (Å²) in [4.78, 5) is 23.7. The van der Waals surface area contributed by atoms with E-state index in [4.69, 9.17) is 13.9 Å². The van der Waals surface area contributed by atoms with Crippen molar-refractivity contribution >= 4 is 23.5 Å². The molecule has 0 fully saturated rings. The molecular formula is C22H19NO5. The first-order valence-corrected chi connectivity index (χ1v) is 8.54. The van der Waals surface area contributed by atoms with Gasteiger partial charge in [-0.25, -0.2) is 0 Å². The largest absolute Gasteiger partial charge is 0.497 e. The Kier molecular flexibility index (Phi) is 5.91.